The standard InChI is InChI=1S/C16H28N2O2/c1-3-10-17-16(20)12(2)18-11-5-4-8-14(18)13-7-6-9-15(13)19/h3,12-15,19H,1,4-11H2,2H3,(H,17,20). The second-order valence-corrected chi connectivity index (χ2v) is 6.17. The Hall–Kier alpha value is -0.870. The Morgan fingerprint density at radius 3 is 2.85 bits per heavy atom. The van der Waals surface area contributed by atoms with Gasteiger partial charge in [0.1, 0.15) is 0 Å². The van der Waals surface area contributed by atoms with Crippen LogP contribution in [0.25, 0.3) is 0 Å². The van der Waals surface area contributed by atoms with E-state index in [0.717, 1.165) is 38.6 Å². The lowest BCUT2D eigenvalue weighted by molar-refractivity contribution is -0.128. The first kappa shape index (κ1) is 15.5. The van der Waals surface area contributed by atoms with E-state index in [-0.39, 0.29) is 18.1 Å². The van der Waals surface area contributed by atoms with E-state index in [4.69, 9.17) is 0 Å². The van der Waals surface area contributed by atoms with Crippen molar-refractivity contribution in [2.45, 2.75) is 63.6 Å². The number of nitrogens with one attached hydrogen (secondary N) is 1. The van der Waals surface area contributed by atoms with Gasteiger partial charge in [0.05, 0.1) is 12.1 Å². The number of carbonyl (C=O) groups is 1. The van der Waals surface area contributed by atoms with Crippen LogP contribution in [-0.2, 0) is 4.79 Å². The van der Waals surface area contributed by atoms with Gasteiger partial charge in [0, 0.05) is 18.5 Å². The van der Waals surface area contributed by atoms with E-state index in [1.807, 2.05) is 6.92 Å². The van der Waals surface area contributed by atoms with Crippen LogP contribution in [0.5, 0.6) is 0 Å². The number of amides is 1. The van der Waals surface area contributed by atoms with Gasteiger partial charge in [-0.05, 0) is 39.2 Å². The number of hydrogen-bond donors (Lipinski definition) is 2. The van der Waals surface area contributed by atoms with E-state index in [1.165, 1.54) is 6.42 Å². The van der Waals surface area contributed by atoms with Gasteiger partial charge < -0.3 is 10.4 Å². The molecule has 0 aromatic heterocycles. The Morgan fingerprint density at radius 1 is 1.40 bits per heavy atom. The number of nitrogens with zero attached hydrogens (tertiary/aromatic N) is 1. The van der Waals surface area contributed by atoms with Crippen LogP contribution < -0.4 is 5.32 Å². The summed E-state index contributed by atoms with van der Waals surface area (Å²) in [5.74, 6) is 0.425. The Morgan fingerprint density at radius 2 is 2.20 bits per heavy atom. The predicted molar refractivity (Wildman–Crippen MR) is 80.4 cm³/mol. The third-order valence-corrected chi connectivity index (χ3v) is 4.92. The molecule has 1 saturated carbocycles. The zero-order chi connectivity index (χ0) is 14.5. The first-order valence-corrected chi connectivity index (χ1v) is 7.97. The molecule has 2 aliphatic rings. The van der Waals surface area contributed by atoms with Crippen LogP contribution in [0.2, 0.25) is 0 Å². The smallest absolute Gasteiger partial charge is 0.237 e. The second-order valence-electron chi connectivity index (χ2n) is 6.17. The van der Waals surface area contributed by atoms with Crippen molar-refractivity contribution in [3.05, 3.63) is 12.7 Å². The minimum absolute atomic E-state index is 0.0734. The molecule has 114 valence electrons. The monoisotopic (exact) mass is 280 g/mol. The van der Waals surface area contributed by atoms with Crippen LogP contribution in [0.1, 0.15) is 45.4 Å². The largest absolute Gasteiger partial charge is 0.393 e. The molecule has 1 amide bonds. The number of aliphatic hydroxyl groups is 1. The Bertz CT molecular complexity index is 345. The molecule has 0 bridgehead atoms. The molecule has 4 atom stereocenters. The minimum atomic E-state index is -0.177. The molecule has 2 N–H and O–H groups in total. The molecule has 20 heavy (non-hydrogen) atoms. The van der Waals surface area contributed by atoms with Crippen LogP contribution in [0, 0.1) is 5.92 Å². The van der Waals surface area contributed by atoms with E-state index in [2.05, 4.69) is 16.8 Å². The Labute approximate surface area is 122 Å². The van der Waals surface area contributed by atoms with Crippen LogP contribution in [-0.4, -0.2) is 47.2 Å². The molecule has 1 saturated heterocycles. The van der Waals surface area contributed by atoms with Crippen LogP contribution >= 0.6 is 0 Å². The summed E-state index contributed by atoms with van der Waals surface area (Å²) in [6.45, 7) is 7.11. The van der Waals surface area contributed by atoms with Gasteiger partial charge in [0.25, 0.3) is 0 Å². The summed E-state index contributed by atoms with van der Waals surface area (Å²) in [6, 6.07) is 0.249. The molecule has 1 heterocycles. The zero-order valence-electron chi connectivity index (χ0n) is 12.6. The summed E-state index contributed by atoms with van der Waals surface area (Å²) >= 11 is 0. The third kappa shape index (κ3) is 3.41. The molecular weight excluding hydrogens is 252 g/mol. The van der Waals surface area contributed by atoms with E-state index in [9.17, 15) is 9.90 Å². The molecule has 1 aliphatic carbocycles. The summed E-state index contributed by atoms with van der Waals surface area (Å²) in [4.78, 5) is 14.5. The van der Waals surface area contributed by atoms with Gasteiger partial charge in [-0.1, -0.05) is 18.9 Å². The maximum atomic E-state index is 12.2. The molecule has 0 aromatic rings. The highest BCUT2D eigenvalue weighted by Crippen LogP contribution is 2.35. The molecule has 1 aliphatic heterocycles. The van der Waals surface area contributed by atoms with Gasteiger partial charge in [-0.15, -0.1) is 6.58 Å². The summed E-state index contributed by atoms with van der Waals surface area (Å²) in [6.07, 6.45) is 8.15. The maximum Gasteiger partial charge on any atom is 0.237 e. The van der Waals surface area contributed by atoms with E-state index in [1.54, 1.807) is 6.08 Å². The number of carbonyl (C=O) groups excluding carboxylic acids is 1. The third-order valence-electron chi connectivity index (χ3n) is 4.92. The quantitative estimate of drug-likeness (QED) is 0.754. The van der Waals surface area contributed by atoms with Crippen molar-refractivity contribution >= 4 is 5.91 Å². The van der Waals surface area contributed by atoms with Gasteiger partial charge in [0.15, 0.2) is 0 Å². The molecule has 4 unspecified atom stereocenters. The van der Waals surface area contributed by atoms with E-state index < -0.39 is 0 Å². The first-order chi connectivity index (χ1) is 9.65. The zero-order valence-corrected chi connectivity index (χ0v) is 12.6. The molecule has 4 nitrogen and oxygen atoms in total. The fourth-order valence-electron chi connectivity index (χ4n) is 3.81. The summed E-state index contributed by atoms with van der Waals surface area (Å²) in [5, 5.41) is 13.1. The van der Waals surface area contributed by atoms with Crippen molar-refractivity contribution in [3.8, 4) is 0 Å². The van der Waals surface area contributed by atoms with Crippen molar-refractivity contribution in [3.63, 3.8) is 0 Å². The number of rotatable bonds is 5. The average molecular weight is 280 g/mol. The lowest BCUT2D eigenvalue weighted by Crippen LogP contribution is -2.55. The van der Waals surface area contributed by atoms with Crippen molar-refractivity contribution in [1.29, 1.82) is 0 Å². The number of hydrogen-bond acceptors (Lipinski definition) is 3. The number of likely N-dealkylation sites (tertiary alicyclic amines) is 1. The normalized spacial score (nSPS) is 32.8. The first-order valence-electron chi connectivity index (χ1n) is 7.97. The number of piperidine rings is 1. The molecule has 0 radical (unpaired) electrons. The van der Waals surface area contributed by atoms with Crippen LogP contribution in [0.15, 0.2) is 12.7 Å². The Kier molecular flexibility index (Phi) is 5.61. The second kappa shape index (κ2) is 7.23. The summed E-state index contributed by atoms with van der Waals surface area (Å²) in [5.41, 5.74) is 0. The fourth-order valence-corrected chi connectivity index (χ4v) is 3.81. The topological polar surface area (TPSA) is 52.6 Å². The van der Waals surface area contributed by atoms with Gasteiger partial charge in [-0.25, -0.2) is 0 Å². The molecule has 2 fully saturated rings. The van der Waals surface area contributed by atoms with Crippen molar-refractivity contribution in [2.24, 2.45) is 5.92 Å². The minimum Gasteiger partial charge on any atom is -0.393 e. The van der Waals surface area contributed by atoms with E-state index >= 15 is 0 Å². The lowest BCUT2D eigenvalue weighted by atomic mass is 9.86. The van der Waals surface area contributed by atoms with Gasteiger partial charge in [-0.2, -0.15) is 0 Å². The highest BCUT2D eigenvalue weighted by atomic mass is 16.3. The van der Waals surface area contributed by atoms with Gasteiger partial charge in [0.2, 0.25) is 5.91 Å². The Balaban J connectivity index is 2.02. The van der Waals surface area contributed by atoms with Crippen molar-refractivity contribution in [1.82, 2.24) is 10.2 Å². The maximum absolute atomic E-state index is 12.2. The molecule has 0 spiro atoms. The summed E-state index contributed by atoms with van der Waals surface area (Å²) in [7, 11) is 0. The highest BCUT2D eigenvalue weighted by molar-refractivity contribution is 5.81. The van der Waals surface area contributed by atoms with Gasteiger partial charge >= 0.3 is 0 Å². The van der Waals surface area contributed by atoms with Crippen LogP contribution in [0.3, 0.4) is 0 Å². The summed E-state index contributed by atoms with van der Waals surface area (Å²) < 4.78 is 0. The van der Waals surface area contributed by atoms with Gasteiger partial charge in [-0.3, -0.25) is 9.69 Å². The highest BCUT2D eigenvalue weighted by Gasteiger charge is 2.39. The SMILES string of the molecule is C=CCNC(=O)C(C)N1CCCCC1C1CCCC1O. The average Bonchev–Trinajstić information content (AvgIpc) is 2.90. The van der Waals surface area contributed by atoms with Crippen LogP contribution in [0.4, 0.5) is 0 Å². The molecule has 2 rings (SSSR count). The van der Waals surface area contributed by atoms with Crippen molar-refractivity contribution < 1.29 is 9.90 Å². The lowest BCUT2D eigenvalue weighted by Gasteiger charge is -2.43. The fraction of sp³-hybridized carbons (Fsp3) is 0.812. The van der Waals surface area contributed by atoms with Crippen molar-refractivity contribution in [2.75, 3.05) is 13.1 Å². The molecule has 0 aromatic carbocycles. The number of aliphatic hydroxyl groups excluding tert-OH is 1. The van der Waals surface area contributed by atoms with E-state index in [0.29, 0.717) is 18.5 Å². The molecular formula is C16H28N2O2. The predicted octanol–water partition coefficient (Wildman–Crippen LogP) is 1.69. The molecule has 4 heteroatoms.